The van der Waals surface area contributed by atoms with Crippen LogP contribution in [0.2, 0.25) is 0 Å². The highest BCUT2D eigenvalue weighted by Crippen LogP contribution is 2.19. The van der Waals surface area contributed by atoms with Crippen LogP contribution in [0.4, 0.5) is 4.79 Å². The van der Waals surface area contributed by atoms with Gasteiger partial charge in [0.05, 0.1) is 0 Å². The van der Waals surface area contributed by atoms with E-state index in [0.29, 0.717) is 18.4 Å². The lowest BCUT2D eigenvalue weighted by Gasteiger charge is -2.32. The van der Waals surface area contributed by atoms with Crippen molar-refractivity contribution in [1.82, 2.24) is 10.2 Å². The van der Waals surface area contributed by atoms with Gasteiger partial charge in [0.15, 0.2) is 0 Å². The number of nitrogens with one attached hydrogen (secondary N) is 1. The second-order valence-electron chi connectivity index (χ2n) is 8.91. The lowest BCUT2D eigenvalue weighted by Crippen LogP contribution is -2.42. The molecule has 0 unspecified atom stereocenters. The van der Waals surface area contributed by atoms with Gasteiger partial charge in [0, 0.05) is 25.2 Å². The fraction of sp³-hybridized carbons (Fsp3) is 0.636. The third-order valence-electron chi connectivity index (χ3n) is 4.68. The van der Waals surface area contributed by atoms with Crippen LogP contribution in [0.5, 0.6) is 0 Å². The number of likely N-dealkylation sites (tertiary alicyclic amines) is 1. The molecular weight excluding hydrogens is 340 g/mol. The molecule has 2 amide bonds. The van der Waals surface area contributed by atoms with Gasteiger partial charge in [0.2, 0.25) is 0 Å². The number of rotatable bonds is 5. The monoisotopic (exact) mass is 374 g/mol. The minimum atomic E-state index is -0.482. The molecule has 0 atom stereocenters. The first-order valence-electron chi connectivity index (χ1n) is 9.99. The highest BCUT2D eigenvalue weighted by molar-refractivity contribution is 5.94. The molecule has 1 aliphatic rings. The number of amides is 2. The average Bonchev–Trinajstić information content (AvgIpc) is 2.58. The van der Waals surface area contributed by atoms with Crippen LogP contribution in [0.15, 0.2) is 24.3 Å². The Morgan fingerprint density at radius 3 is 2.26 bits per heavy atom. The van der Waals surface area contributed by atoms with Gasteiger partial charge >= 0.3 is 6.09 Å². The van der Waals surface area contributed by atoms with Gasteiger partial charge in [0.25, 0.3) is 5.91 Å². The van der Waals surface area contributed by atoms with Crippen LogP contribution >= 0.6 is 0 Å². The molecule has 1 aliphatic heterocycles. The van der Waals surface area contributed by atoms with E-state index in [4.69, 9.17) is 4.74 Å². The zero-order valence-corrected chi connectivity index (χ0v) is 17.4. The molecule has 1 aromatic rings. The number of benzene rings is 1. The van der Waals surface area contributed by atoms with E-state index in [1.54, 1.807) is 0 Å². The number of carbonyl (C=O) groups excluding carboxylic acids is 2. The van der Waals surface area contributed by atoms with E-state index < -0.39 is 5.60 Å². The van der Waals surface area contributed by atoms with Crippen molar-refractivity contribution in [3.63, 3.8) is 0 Å². The molecule has 0 aliphatic carbocycles. The molecule has 5 nitrogen and oxygen atoms in total. The number of hydrogen-bond acceptors (Lipinski definition) is 3. The van der Waals surface area contributed by atoms with Crippen molar-refractivity contribution in [2.75, 3.05) is 19.6 Å². The van der Waals surface area contributed by atoms with Crippen molar-refractivity contribution < 1.29 is 14.3 Å². The first-order valence-corrected chi connectivity index (χ1v) is 9.99. The number of carbonyl (C=O) groups is 2. The van der Waals surface area contributed by atoms with Crippen molar-refractivity contribution in [2.45, 2.75) is 59.5 Å². The lowest BCUT2D eigenvalue weighted by atomic mass is 9.96. The van der Waals surface area contributed by atoms with Crippen LogP contribution in [0.3, 0.4) is 0 Å². The fourth-order valence-electron chi connectivity index (χ4n) is 3.32. The summed E-state index contributed by atoms with van der Waals surface area (Å²) in [7, 11) is 0. The lowest BCUT2D eigenvalue weighted by molar-refractivity contribution is 0.0500. The Labute approximate surface area is 163 Å². The summed E-state index contributed by atoms with van der Waals surface area (Å²) in [6.07, 6.45) is 2.45. The van der Waals surface area contributed by atoms with E-state index in [1.807, 2.05) is 37.8 Å². The summed E-state index contributed by atoms with van der Waals surface area (Å²) in [5.74, 6) is 1.10. The molecule has 150 valence electrons. The third-order valence-corrected chi connectivity index (χ3v) is 4.68. The molecular formula is C22H34N2O3. The van der Waals surface area contributed by atoms with E-state index in [2.05, 4.69) is 31.3 Å². The number of piperidine rings is 1. The molecule has 0 saturated carbocycles. The van der Waals surface area contributed by atoms with Crippen molar-refractivity contribution in [3.8, 4) is 0 Å². The molecule has 1 N–H and O–H groups in total. The Hall–Kier alpha value is -2.04. The van der Waals surface area contributed by atoms with Crippen LogP contribution in [0.25, 0.3) is 0 Å². The van der Waals surface area contributed by atoms with Crippen LogP contribution in [-0.2, 0) is 11.2 Å². The first kappa shape index (κ1) is 21.3. The van der Waals surface area contributed by atoms with Gasteiger partial charge in [-0.25, -0.2) is 4.79 Å². The van der Waals surface area contributed by atoms with E-state index >= 15 is 0 Å². The van der Waals surface area contributed by atoms with Gasteiger partial charge in [0.1, 0.15) is 5.60 Å². The zero-order chi connectivity index (χ0) is 20.0. The topological polar surface area (TPSA) is 58.6 Å². The predicted molar refractivity (Wildman–Crippen MR) is 108 cm³/mol. The average molecular weight is 375 g/mol. The third kappa shape index (κ3) is 7.24. The standard InChI is InChI=1S/C22H34N2O3/c1-16(2)14-17-6-8-19(9-7-17)20(25)24-12-10-18(11-13-24)15-23-21(26)27-22(3,4)5/h6-9,16,18H,10-15H2,1-5H3,(H,23,26). The molecule has 1 fully saturated rings. The van der Waals surface area contributed by atoms with Gasteiger partial charge in [-0.1, -0.05) is 26.0 Å². The van der Waals surface area contributed by atoms with Gasteiger partial charge < -0.3 is 15.0 Å². The molecule has 1 heterocycles. The number of ether oxygens (including phenoxy) is 1. The van der Waals surface area contributed by atoms with E-state index in [9.17, 15) is 9.59 Å². The van der Waals surface area contributed by atoms with E-state index in [-0.39, 0.29) is 12.0 Å². The second kappa shape index (κ2) is 9.25. The van der Waals surface area contributed by atoms with Crippen LogP contribution in [0.1, 0.15) is 63.4 Å². The van der Waals surface area contributed by atoms with Crippen LogP contribution < -0.4 is 5.32 Å². The molecule has 5 heteroatoms. The second-order valence-corrected chi connectivity index (χ2v) is 8.91. The molecule has 1 saturated heterocycles. The maximum absolute atomic E-state index is 12.7. The summed E-state index contributed by atoms with van der Waals surface area (Å²) in [6, 6.07) is 8.00. The minimum Gasteiger partial charge on any atom is -0.444 e. The molecule has 27 heavy (non-hydrogen) atoms. The summed E-state index contributed by atoms with van der Waals surface area (Å²) < 4.78 is 5.26. The largest absolute Gasteiger partial charge is 0.444 e. The van der Waals surface area contributed by atoms with E-state index in [0.717, 1.165) is 37.9 Å². The Bertz CT molecular complexity index is 624. The first-order chi connectivity index (χ1) is 12.6. The Balaban J connectivity index is 1.78. The minimum absolute atomic E-state index is 0.102. The quantitative estimate of drug-likeness (QED) is 0.838. The predicted octanol–water partition coefficient (Wildman–Crippen LogP) is 4.26. The molecule has 0 spiro atoms. The number of hydrogen-bond donors (Lipinski definition) is 1. The summed E-state index contributed by atoms with van der Waals surface area (Å²) in [5.41, 5.74) is 1.55. The Morgan fingerprint density at radius 1 is 1.15 bits per heavy atom. The van der Waals surface area contributed by atoms with Crippen LogP contribution in [0, 0.1) is 11.8 Å². The summed E-state index contributed by atoms with van der Waals surface area (Å²) in [5, 5.41) is 2.84. The molecule has 0 bridgehead atoms. The maximum atomic E-state index is 12.7. The highest BCUT2D eigenvalue weighted by Gasteiger charge is 2.24. The van der Waals surface area contributed by atoms with Gasteiger partial charge in [-0.2, -0.15) is 0 Å². The van der Waals surface area contributed by atoms with Gasteiger partial charge in [-0.3, -0.25) is 4.79 Å². The Kier molecular flexibility index (Phi) is 7.28. The Morgan fingerprint density at radius 2 is 1.74 bits per heavy atom. The highest BCUT2D eigenvalue weighted by atomic mass is 16.6. The summed E-state index contributed by atoms with van der Waals surface area (Å²) in [6.45, 7) is 12.0. The summed E-state index contributed by atoms with van der Waals surface area (Å²) in [4.78, 5) is 26.4. The summed E-state index contributed by atoms with van der Waals surface area (Å²) >= 11 is 0. The number of nitrogens with zero attached hydrogens (tertiary/aromatic N) is 1. The van der Waals surface area contributed by atoms with Crippen LogP contribution in [-0.4, -0.2) is 42.1 Å². The molecule has 1 aromatic carbocycles. The van der Waals surface area contributed by atoms with Gasteiger partial charge in [-0.15, -0.1) is 0 Å². The molecule has 0 aromatic heterocycles. The molecule has 0 radical (unpaired) electrons. The van der Waals surface area contributed by atoms with Crippen molar-refractivity contribution in [3.05, 3.63) is 35.4 Å². The van der Waals surface area contributed by atoms with Gasteiger partial charge in [-0.05, 0) is 69.6 Å². The maximum Gasteiger partial charge on any atom is 0.407 e. The van der Waals surface area contributed by atoms with E-state index in [1.165, 1.54) is 5.56 Å². The fourth-order valence-corrected chi connectivity index (χ4v) is 3.32. The smallest absolute Gasteiger partial charge is 0.407 e. The normalized spacial score (nSPS) is 15.7. The number of alkyl carbamates (subject to hydrolysis) is 1. The van der Waals surface area contributed by atoms with Crippen molar-refractivity contribution in [1.29, 1.82) is 0 Å². The zero-order valence-electron chi connectivity index (χ0n) is 17.4. The van der Waals surface area contributed by atoms with Crippen molar-refractivity contribution in [2.24, 2.45) is 11.8 Å². The van der Waals surface area contributed by atoms with Crippen molar-refractivity contribution >= 4 is 12.0 Å². The molecule has 2 rings (SSSR count). The SMILES string of the molecule is CC(C)Cc1ccc(C(=O)N2CCC(CNC(=O)OC(C)(C)C)CC2)cc1.